The minimum absolute atomic E-state index is 0.428. The molecule has 0 aliphatic heterocycles. The Kier molecular flexibility index (Phi) is 7.98. The molecule has 0 N–H and O–H groups in total. The highest BCUT2D eigenvalue weighted by Crippen LogP contribution is 2.56. The Labute approximate surface area is 337 Å². The predicted molar refractivity (Wildman–Crippen MR) is 242 cm³/mol. The minimum atomic E-state index is -0.428. The van der Waals surface area contributed by atoms with Gasteiger partial charge < -0.3 is 4.90 Å². The third-order valence-electron chi connectivity index (χ3n) is 11.7. The Hall–Kier alpha value is -7.00. The van der Waals surface area contributed by atoms with Crippen molar-refractivity contribution in [1.82, 2.24) is 0 Å². The van der Waals surface area contributed by atoms with Crippen LogP contribution in [0, 0.1) is 0 Å². The smallest absolute Gasteiger partial charge is 0.0713 e. The van der Waals surface area contributed by atoms with Crippen LogP contribution in [0.3, 0.4) is 0 Å². The van der Waals surface area contributed by atoms with Gasteiger partial charge in [-0.1, -0.05) is 164 Å². The molecule has 1 heterocycles. The molecule has 57 heavy (non-hydrogen) atoms. The molecule has 0 unspecified atom stereocenters. The number of anilines is 3. The van der Waals surface area contributed by atoms with Crippen molar-refractivity contribution in [2.24, 2.45) is 0 Å². The maximum atomic E-state index is 2.48. The van der Waals surface area contributed by atoms with Crippen LogP contribution in [0.15, 0.2) is 224 Å². The van der Waals surface area contributed by atoms with E-state index < -0.39 is 5.41 Å². The van der Waals surface area contributed by atoms with E-state index in [1.807, 2.05) is 11.3 Å². The molecule has 1 aliphatic carbocycles. The number of hydrogen-bond donors (Lipinski definition) is 0. The first-order chi connectivity index (χ1) is 28.3. The molecule has 1 nitrogen and oxygen atoms in total. The maximum absolute atomic E-state index is 2.48. The van der Waals surface area contributed by atoms with Crippen molar-refractivity contribution in [3.05, 3.63) is 247 Å². The van der Waals surface area contributed by atoms with E-state index in [1.165, 1.54) is 75.8 Å². The Morgan fingerprint density at radius 1 is 0.316 bits per heavy atom. The van der Waals surface area contributed by atoms with Crippen LogP contribution in [0.5, 0.6) is 0 Å². The van der Waals surface area contributed by atoms with Gasteiger partial charge in [-0.25, -0.2) is 0 Å². The number of para-hydroxylation sites is 1. The van der Waals surface area contributed by atoms with Crippen molar-refractivity contribution in [2.45, 2.75) is 5.41 Å². The van der Waals surface area contributed by atoms with Gasteiger partial charge in [0.2, 0.25) is 0 Å². The summed E-state index contributed by atoms with van der Waals surface area (Å²) >= 11 is 1.88. The second-order valence-corrected chi connectivity index (χ2v) is 15.9. The third-order valence-corrected chi connectivity index (χ3v) is 12.9. The van der Waals surface area contributed by atoms with Crippen LogP contribution in [0.4, 0.5) is 17.1 Å². The number of nitrogens with zero attached hydrogens (tertiary/aromatic N) is 1. The Morgan fingerprint density at radius 3 is 1.51 bits per heavy atom. The van der Waals surface area contributed by atoms with E-state index in [0.717, 1.165) is 17.1 Å². The summed E-state index contributed by atoms with van der Waals surface area (Å²) in [6.45, 7) is 0. The zero-order valence-corrected chi connectivity index (χ0v) is 32.0. The lowest BCUT2D eigenvalue weighted by Gasteiger charge is -2.34. The van der Waals surface area contributed by atoms with Gasteiger partial charge in [-0.05, 0) is 116 Å². The second-order valence-electron chi connectivity index (χ2n) is 14.9. The van der Waals surface area contributed by atoms with Crippen LogP contribution in [0.25, 0.3) is 53.6 Å². The number of benzene rings is 9. The van der Waals surface area contributed by atoms with E-state index in [9.17, 15) is 0 Å². The summed E-state index contributed by atoms with van der Waals surface area (Å²) in [7, 11) is 0. The molecule has 0 saturated carbocycles. The fraction of sp³-hybridized carbons (Fsp3) is 0.0182. The lowest BCUT2D eigenvalue weighted by Crippen LogP contribution is -2.28. The Morgan fingerprint density at radius 2 is 0.807 bits per heavy atom. The fourth-order valence-corrected chi connectivity index (χ4v) is 10.3. The van der Waals surface area contributed by atoms with Crippen LogP contribution in [-0.2, 0) is 5.41 Å². The summed E-state index contributed by atoms with van der Waals surface area (Å²) in [6.07, 6.45) is 0. The van der Waals surface area contributed by atoms with Gasteiger partial charge in [0.15, 0.2) is 0 Å². The first kappa shape index (κ1) is 33.3. The molecule has 1 aliphatic rings. The number of thiophene rings is 1. The van der Waals surface area contributed by atoms with Gasteiger partial charge in [0.05, 0.1) is 5.41 Å². The second kappa shape index (κ2) is 13.6. The highest BCUT2D eigenvalue weighted by atomic mass is 32.1. The standard InChI is InChI=1S/C55H37NS/c1-4-15-38(16-5-1)39-27-31-45(32-28-39)56(44-20-8-3-9-21-44)46-22-14-17-40(35-46)41-29-33-53-49(36-41)50-37-43(30-34-54(50)57-53)55(42-18-6-2-7-19-42)51-25-12-10-23-47(51)48-24-11-13-26-52(48)55/h1-37H. The molecule has 268 valence electrons. The van der Waals surface area contributed by atoms with Crippen molar-refractivity contribution in [1.29, 1.82) is 0 Å². The monoisotopic (exact) mass is 743 g/mol. The maximum Gasteiger partial charge on any atom is 0.0713 e. The summed E-state index contributed by atoms with van der Waals surface area (Å²) in [5.74, 6) is 0. The summed E-state index contributed by atoms with van der Waals surface area (Å²) in [4.78, 5) is 2.35. The summed E-state index contributed by atoms with van der Waals surface area (Å²) in [6, 6.07) is 82.4. The molecule has 0 bridgehead atoms. The van der Waals surface area contributed by atoms with Crippen LogP contribution in [0.2, 0.25) is 0 Å². The quantitative estimate of drug-likeness (QED) is 0.157. The molecular formula is C55H37NS. The van der Waals surface area contributed by atoms with Crippen molar-refractivity contribution in [3.63, 3.8) is 0 Å². The van der Waals surface area contributed by atoms with Gasteiger partial charge >= 0.3 is 0 Å². The van der Waals surface area contributed by atoms with Gasteiger partial charge in [-0.15, -0.1) is 11.3 Å². The average Bonchev–Trinajstić information content (AvgIpc) is 3.81. The molecule has 0 amide bonds. The van der Waals surface area contributed by atoms with Crippen molar-refractivity contribution >= 4 is 48.6 Å². The SMILES string of the molecule is c1ccc(-c2ccc(N(c3ccccc3)c3cccc(-c4ccc5sc6ccc(C7(c8ccccc8)c8ccccc8-c8ccccc87)cc6c5c4)c3)cc2)cc1. The first-order valence-corrected chi connectivity index (χ1v) is 20.4. The number of fused-ring (bicyclic) bond motifs is 6. The molecule has 0 spiro atoms. The molecule has 0 radical (unpaired) electrons. The van der Waals surface area contributed by atoms with Gasteiger partial charge in [0.1, 0.15) is 0 Å². The van der Waals surface area contributed by atoms with E-state index in [2.05, 4.69) is 229 Å². The zero-order valence-electron chi connectivity index (χ0n) is 31.2. The van der Waals surface area contributed by atoms with E-state index in [0.29, 0.717) is 0 Å². The lowest BCUT2D eigenvalue weighted by atomic mass is 9.67. The fourth-order valence-electron chi connectivity index (χ4n) is 9.18. The number of rotatable bonds is 7. The molecule has 2 heteroatoms. The van der Waals surface area contributed by atoms with E-state index in [4.69, 9.17) is 0 Å². The Balaban J connectivity index is 1.04. The van der Waals surface area contributed by atoms with Crippen LogP contribution >= 0.6 is 11.3 Å². The van der Waals surface area contributed by atoms with E-state index in [1.54, 1.807) is 0 Å². The summed E-state index contributed by atoms with van der Waals surface area (Å²) in [5, 5.41) is 2.59. The Bertz CT molecular complexity index is 3010. The van der Waals surface area contributed by atoms with Gasteiger partial charge in [-0.2, -0.15) is 0 Å². The summed E-state index contributed by atoms with van der Waals surface area (Å²) < 4.78 is 2.60. The zero-order chi connectivity index (χ0) is 37.8. The van der Waals surface area contributed by atoms with Crippen LogP contribution < -0.4 is 4.90 Å². The van der Waals surface area contributed by atoms with E-state index >= 15 is 0 Å². The number of hydrogen-bond acceptors (Lipinski definition) is 2. The molecule has 1 aromatic heterocycles. The minimum Gasteiger partial charge on any atom is -0.310 e. The van der Waals surface area contributed by atoms with Gasteiger partial charge in [0.25, 0.3) is 0 Å². The average molecular weight is 744 g/mol. The molecule has 9 aromatic carbocycles. The van der Waals surface area contributed by atoms with Crippen LogP contribution in [-0.4, -0.2) is 0 Å². The normalized spacial score (nSPS) is 12.7. The first-order valence-electron chi connectivity index (χ1n) is 19.6. The van der Waals surface area contributed by atoms with Crippen molar-refractivity contribution < 1.29 is 0 Å². The molecule has 0 saturated heterocycles. The van der Waals surface area contributed by atoms with Crippen LogP contribution in [0.1, 0.15) is 22.3 Å². The van der Waals surface area contributed by atoms with E-state index in [-0.39, 0.29) is 0 Å². The third kappa shape index (κ3) is 5.44. The molecule has 0 fully saturated rings. The predicted octanol–water partition coefficient (Wildman–Crippen LogP) is 15.2. The molecule has 0 atom stereocenters. The van der Waals surface area contributed by atoms with Crippen molar-refractivity contribution in [2.75, 3.05) is 4.90 Å². The highest BCUT2D eigenvalue weighted by molar-refractivity contribution is 7.25. The molecule has 10 aromatic rings. The lowest BCUT2D eigenvalue weighted by molar-refractivity contribution is 0.770. The topological polar surface area (TPSA) is 3.24 Å². The largest absolute Gasteiger partial charge is 0.310 e. The molecule has 11 rings (SSSR count). The van der Waals surface area contributed by atoms with Crippen molar-refractivity contribution in [3.8, 4) is 33.4 Å². The summed E-state index contributed by atoms with van der Waals surface area (Å²) in [5.41, 5.74) is 15.6. The molecular weight excluding hydrogens is 707 g/mol. The van der Waals surface area contributed by atoms with Gasteiger partial charge in [-0.3, -0.25) is 0 Å². The highest BCUT2D eigenvalue weighted by Gasteiger charge is 2.45. The van der Waals surface area contributed by atoms with Gasteiger partial charge in [0, 0.05) is 37.2 Å².